The van der Waals surface area contributed by atoms with Crippen molar-refractivity contribution in [2.75, 3.05) is 24.5 Å². The monoisotopic (exact) mass is 404 g/mol. The number of rotatable bonds is 3. The third-order valence-corrected chi connectivity index (χ3v) is 6.19. The molecule has 1 aliphatic heterocycles. The van der Waals surface area contributed by atoms with Crippen molar-refractivity contribution in [1.82, 2.24) is 14.4 Å². The van der Waals surface area contributed by atoms with Crippen LogP contribution in [0.4, 0.5) is 18.9 Å². The number of amides is 1. The smallest absolute Gasteiger partial charge is 0.360 e. The van der Waals surface area contributed by atoms with Gasteiger partial charge in [-0.05, 0) is 26.0 Å². The summed E-state index contributed by atoms with van der Waals surface area (Å²) in [6.45, 7) is 2.23. The lowest BCUT2D eigenvalue weighted by molar-refractivity contribution is -0.141. The second kappa shape index (κ2) is 6.60. The fraction of sp³-hybridized carbons (Fsp3) is 0.400. The number of hydrogen-bond acceptors (Lipinski definition) is 6. The third kappa shape index (κ3) is 3.54. The van der Waals surface area contributed by atoms with Crippen molar-refractivity contribution < 1.29 is 30.9 Å². The molecule has 0 aliphatic carbocycles. The van der Waals surface area contributed by atoms with Gasteiger partial charge in [-0.3, -0.25) is 9.78 Å². The van der Waals surface area contributed by atoms with Crippen LogP contribution in [0.15, 0.2) is 27.7 Å². The lowest BCUT2D eigenvalue weighted by Crippen LogP contribution is -2.52. The molecule has 1 saturated heterocycles. The van der Waals surface area contributed by atoms with Gasteiger partial charge in [0.1, 0.15) is 16.3 Å². The predicted octanol–water partition coefficient (Wildman–Crippen LogP) is 1.74. The molecule has 0 atom stereocenters. The van der Waals surface area contributed by atoms with Crippen LogP contribution < -0.4 is 4.90 Å². The number of halogens is 3. The van der Waals surface area contributed by atoms with Gasteiger partial charge in [-0.15, -0.1) is 0 Å². The predicted molar refractivity (Wildman–Crippen MR) is 86.3 cm³/mol. The minimum atomic E-state index is -4.65. The summed E-state index contributed by atoms with van der Waals surface area (Å²) in [6.07, 6.45) is -3.69. The van der Waals surface area contributed by atoms with Gasteiger partial charge < -0.3 is 9.42 Å². The highest BCUT2D eigenvalue weighted by molar-refractivity contribution is 7.89. The van der Waals surface area contributed by atoms with Crippen molar-refractivity contribution in [2.24, 2.45) is 0 Å². The maximum Gasteiger partial charge on any atom is 0.433 e. The first kappa shape index (κ1) is 19.3. The SMILES string of the molecule is Cc1noc(C)c1S(=O)(=O)N1CCN(c2ccnc(C(F)(F)F)c2)C(=O)C1. The zero-order valence-corrected chi connectivity index (χ0v) is 15.1. The first-order valence-corrected chi connectivity index (χ1v) is 9.22. The van der Waals surface area contributed by atoms with E-state index in [1.165, 1.54) is 19.9 Å². The average Bonchev–Trinajstić information content (AvgIpc) is 2.93. The number of alkyl halides is 3. The molecule has 0 aromatic carbocycles. The lowest BCUT2D eigenvalue weighted by Gasteiger charge is -2.33. The number of aromatic nitrogens is 2. The Balaban J connectivity index is 1.84. The van der Waals surface area contributed by atoms with E-state index < -0.39 is 34.3 Å². The molecule has 2 aromatic rings. The van der Waals surface area contributed by atoms with Crippen LogP contribution in [0.1, 0.15) is 17.1 Å². The Bertz CT molecular complexity index is 968. The van der Waals surface area contributed by atoms with E-state index in [0.717, 1.165) is 21.5 Å². The molecule has 1 amide bonds. The van der Waals surface area contributed by atoms with Crippen molar-refractivity contribution in [2.45, 2.75) is 24.9 Å². The molecule has 3 heterocycles. The highest BCUT2D eigenvalue weighted by Crippen LogP contribution is 2.31. The zero-order chi connectivity index (χ0) is 20.0. The van der Waals surface area contributed by atoms with Crippen LogP contribution in [0.5, 0.6) is 0 Å². The first-order valence-electron chi connectivity index (χ1n) is 7.78. The molecule has 3 rings (SSSR count). The molecule has 0 saturated carbocycles. The van der Waals surface area contributed by atoms with Gasteiger partial charge in [-0.25, -0.2) is 8.42 Å². The summed E-state index contributed by atoms with van der Waals surface area (Å²) in [6, 6.07) is 2.03. The molecule has 2 aromatic heterocycles. The van der Waals surface area contributed by atoms with Crippen LogP contribution in [-0.2, 0) is 21.0 Å². The number of piperazine rings is 1. The number of pyridine rings is 1. The maximum atomic E-state index is 12.8. The summed E-state index contributed by atoms with van der Waals surface area (Å²) < 4.78 is 69.8. The van der Waals surface area contributed by atoms with Gasteiger partial charge in [0.05, 0.1) is 6.54 Å². The topological polar surface area (TPSA) is 96.6 Å². The molecular weight excluding hydrogens is 389 g/mol. The number of hydrogen-bond donors (Lipinski definition) is 0. The maximum absolute atomic E-state index is 12.8. The van der Waals surface area contributed by atoms with E-state index in [4.69, 9.17) is 4.52 Å². The molecule has 0 bridgehead atoms. The molecule has 12 heteroatoms. The molecule has 0 spiro atoms. The molecule has 1 fully saturated rings. The summed E-state index contributed by atoms with van der Waals surface area (Å²) >= 11 is 0. The number of nitrogens with zero attached hydrogens (tertiary/aromatic N) is 4. The van der Waals surface area contributed by atoms with E-state index in [1.54, 1.807) is 0 Å². The highest BCUT2D eigenvalue weighted by Gasteiger charge is 2.38. The van der Waals surface area contributed by atoms with Crippen molar-refractivity contribution in [1.29, 1.82) is 0 Å². The van der Waals surface area contributed by atoms with E-state index in [9.17, 15) is 26.4 Å². The summed E-state index contributed by atoms with van der Waals surface area (Å²) in [5, 5.41) is 3.60. The summed E-state index contributed by atoms with van der Waals surface area (Å²) in [5.41, 5.74) is -0.943. The number of carbonyl (C=O) groups is 1. The molecule has 27 heavy (non-hydrogen) atoms. The Morgan fingerprint density at radius 3 is 2.48 bits per heavy atom. The molecule has 146 valence electrons. The molecule has 0 radical (unpaired) electrons. The Hall–Kier alpha value is -2.47. The Morgan fingerprint density at radius 1 is 1.22 bits per heavy atom. The molecule has 8 nitrogen and oxygen atoms in total. The van der Waals surface area contributed by atoms with Gasteiger partial charge >= 0.3 is 6.18 Å². The number of anilines is 1. The first-order chi connectivity index (χ1) is 12.5. The van der Waals surface area contributed by atoms with E-state index in [-0.39, 0.29) is 35.1 Å². The van der Waals surface area contributed by atoms with Gasteiger partial charge in [-0.2, -0.15) is 17.5 Å². The summed E-state index contributed by atoms with van der Waals surface area (Å²) in [5.74, 6) is -0.540. The average molecular weight is 404 g/mol. The second-order valence-corrected chi connectivity index (χ2v) is 7.81. The summed E-state index contributed by atoms with van der Waals surface area (Å²) in [7, 11) is -4.01. The second-order valence-electron chi connectivity index (χ2n) is 5.93. The third-order valence-electron chi connectivity index (χ3n) is 4.10. The fourth-order valence-corrected chi connectivity index (χ4v) is 4.52. The molecule has 1 aliphatic rings. The van der Waals surface area contributed by atoms with Gasteiger partial charge in [0.25, 0.3) is 0 Å². The van der Waals surface area contributed by atoms with E-state index in [0.29, 0.717) is 0 Å². The number of aryl methyl sites for hydroxylation is 2. The van der Waals surface area contributed by atoms with Gasteiger partial charge in [0.15, 0.2) is 5.76 Å². The number of sulfonamides is 1. The molecule has 0 N–H and O–H groups in total. The van der Waals surface area contributed by atoms with Gasteiger partial charge in [-0.1, -0.05) is 5.16 Å². The van der Waals surface area contributed by atoms with Crippen LogP contribution in [0.25, 0.3) is 0 Å². The van der Waals surface area contributed by atoms with Crippen LogP contribution >= 0.6 is 0 Å². The van der Waals surface area contributed by atoms with Crippen molar-refractivity contribution in [3.05, 3.63) is 35.5 Å². The standard InChI is InChI=1S/C15H15F3N4O4S/c1-9-14(10(2)26-20-9)27(24,25)21-5-6-22(13(23)8-21)11-3-4-19-12(7-11)15(16,17)18/h3-4,7H,5-6,8H2,1-2H3. The molecular formula is C15H15F3N4O4S. The van der Waals surface area contributed by atoms with Crippen LogP contribution in [0.3, 0.4) is 0 Å². The Morgan fingerprint density at radius 2 is 1.93 bits per heavy atom. The Labute approximate surface area is 152 Å². The van der Waals surface area contributed by atoms with E-state index in [1.807, 2.05) is 0 Å². The summed E-state index contributed by atoms with van der Waals surface area (Å²) in [4.78, 5) is 16.7. The Kier molecular flexibility index (Phi) is 4.72. The van der Waals surface area contributed by atoms with Crippen molar-refractivity contribution >= 4 is 21.6 Å². The van der Waals surface area contributed by atoms with Crippen molar-refractivity contribution in [3.63, 3.8) is 0 Å². The lowest BCUT2D eigenvalue weighted by atomic mass is 10.2. The largest absolute Gasteiger partial charge is 0.433 e. The normalized spacial score (nSPS) is 16.8. The van der Waals surface area contributed by atoms with Gasteiger partial charge in [0, 0.05) is 25.0 Å². The van der Waals surface area contributed by atoms with E-state index >= 15 is 0 Å². The van der Waals surface area contributed by atoms with E-state index in [2.05, 4.69) is 10.1 Å². The van der Waals surface area contributed by atoms with Crippen molar-refractivity contribution in [3.8, 4) is 0 Å². The van der Waals surface area contributed by atoms with Crippen LogP contribution in [0.2, 0.25) is 0 Å². The van der Waals surface area contributed by atoms with Crippen LogP contribution in [0, 0.1) is 13.8 Å². The van der Waals surface area contributed by atoms with Gasteiger partial charge in [0.2, 0.25) is 15.9 Å². The fourth-order valence-electron chi connectivity index (χ4n) is 2.84. The number of carbonyl (C=O) groups excluding carboxylic acids is 1. The minimum absolute atomic E-state index is 0.0108. The zero-order valence-electron chi connectivity index (χ0n) is 14.3. The molecule has 0 unspecified atom stereocenters. The quantitative estimate of drug-likeness (QED) is 0.773. The van der Waals surface area contributed by atoms with Crippen LogP contribution in [-0.4, -0.2) is 48.4 Å². The highest BCUT2D eigenvalue weighted by atomic mass is 32.2. The minimum Gasteiger partial charge on any atom is -0.360 e.